The lowest BCUT2D eigenvalue weighted by molar-refractivity contribution is -0.127. The van der Waals surface area contributed by atoms with E-state index in [1.54, 1.807) is 24.1 Å². The summed E-state index contributed by atoms with van der Waals surface area (Å²) in [5.41, 5.74) is 1.06. The van der Waals surface area contributed by atoms with Crippen LogP contribution in [-0.2, 0) is 4.79 Å². The van der Waals surface area contributed by atoms with Crippen molar-refractivity contribution >= 4 is 22.7 Å². The van der Waals surface area contributed by atoms with Gasteiger partial charge in [0.15, 0.2) is 0 Å². The molecule has 1 fully saturated rings. The third-order valence-corrected chi connectivity index (χ3v) is 4.77. The molecule has 0 saturated carbocycles. The number of nitrogens with one attached hydrogen (secondary N) is 2. The van der Waals surface area contributed by atoms with Gasteiger partial charge in [0, 0.05) is 43.6 Å². The highest BCUT2D eigenvalue weighted by Crippen LogP contribution is 2.20. The Labute approximate surface area is 146 Å². The van der Waals surface area contributed by atoms with Crippen molar-refractivity contribution in [3.63, 3.8) is 0 Å². The zero-order valence-corrected chi connectivity index (χ0v) is 14.7. The smallest absolute Gasteiger partial charge is 0.271 e. The molecule has 134 valence electrons. The Kier molecular flexibility index (Phi) is 4.76. The van der Waals surface area contributed by atoms with E-state index in [-0.39, 0.29) is 17.6 Å². The average molecular weight is 346 g/mol. The van der Waals surface area contributed by atoms with Crippen LogP contribution in [0, 0.1) is 5.82 Å². The molecule has 6 nitrogen and oxygen atoms in total. The first-order valence-electron chi connectivity index (χ1n) is 8.45. The Morgan fingerprint density at radius 1 is 1.28 bits per heavy atom. The molecule has 2 heterocycles. The Bertz CT molecular complexity index is 801. The predicted molar refractivity (Wildman–Crippen MR) is 93.9 cm³/mol. The maximum absolute atomic E-state index is 13.4. The number of H-pyrrole nitrogens is 1. The van der Waals surface area contributed by atoms with Crippen molar-refractivity contribution in [2.45, 2.75) is 25.9 Å². The zero-order chi connectivity index (χ0) is 18.1. The molecule has 2 aromatic rings. The monoisotopic (exact) mass is 346 g/mol. The van der Waals surface area contributed by atoms with E-state index in [1.165, 1.54) is 12.1 Å². The van der Waals surface area contributed by atoms with Gasteiger partial charge in [0.1, 0.15) is 17.6 Å². The molecule has 0 spiro atoms. The van der Waals surface area contributed by atoms with Crippen LogP contribution in [0.2, 0.25) is 0 Å². The second-order valence-electron chi connectivity index (χ2n) is 6.63. The van der Waals surface area contributed by atoms with Crippen molar-refractivity contribution in [1.82, 2.24) is 20.1 Å². The molecule has 25 heavy (non-hydrogen) atoms. The number of likely N-dealkylation sites (N-methyl/N-ethyl adjacent to an activating group) is 1. The van der Waals surface area contributed by atoms with Gasteiger partial charge in [-0.05, 0) is 38.1 Å². The van der Waals surface area contributed by atoms with Gasteiger partial charge in [0.2, 0.25) is 5.91 Å². The van der Waals surface area contributed by atoms with Crippen LogP contribution in [0.3, 0.4) is 0 Å². The van der Waals surface area contributed by atoms with Gasteiger partial charge in [0.25, 0.3) is 5.91 Å². The van der Waals surface area contributed by atoms with Crippen molar-refractivity contribution in [3.8, 4) is 0 Å². The predicted octanol–water partition coefficient (Wildman–Crippen LogP) is 1.59. The summed E-state index contributed by atoms with van der Waals surface area (Å²) in [5.74, 6) is -0.770. The topological polar surface area (TPSA) is 68.4 Å². The highest BCUT2D eigenvalue weighted by molar-refractivity contribution is 6.00. The molecule has 0 bridgehead atoms. The van der Waals surface area contributed by atoms with Crippen LogP contribution in [0.4, 0.5) is 4.39 Å². The van der Waals surface area contributed by atoms with E-state index in [2.05, 4.69) is 29.0 Å². The van der Waals surface area contributed by atoms with Crippen LogP contribution in [0.5, 0.6) is 0 Å². The maximum atomic E-state index is 13.4. The number of amides is 2. The van der Waals surface area contributed by atoms with Crippen molar-refractivity contribution in [2.75, 3.05) is 26.7 Å². The summed E-state index contributed by atoms with van der Waals surface area (Å²) >= 11 is 0. The highest BCUT2D eigenvalue weighted by atomic mass is 19.1. The number of benzene rings is 1. The van der Waals surface area contributed by atoms with Crippen LogP contribution in [0.15, 0.2) is 24.3 Å². The second kappa shape index (κ2) is 6.84. The maximum Gasteiger partial charge on any atom is 0.271 e. The molecule has 1 saturated heterocycles. The summed E-state index contributed by atoms with van der Waals surface area (Å²) in [6.07, 6.45) is 0. The fourth-order valence-corrected chi connectivity index (χ4v) is 3.28. The van der Waals surface area contributed by atoms with Gasteiger partial charge in [-0.1, -0.05) is 0 Å². The van der Waals surface area contributed by atoms with Crippen LogP contribution in [0.1, 0.15) is 24.3 Å². The second-order valence-corrected chi connectivity index (χ2v) is 6.63. The minimum atomic E-state index is -0.545. The van der Waals surface area contributed by atoms with Gasteiger partial charge < -0.3 is 15.2 Å². The summed E-state index contributed by atoms with van der Waals surface area (Å²) in [7, 11) is 1.57. The summed E-state index contributed by atoms with van der Waals surface area (Å²) in [5, 5.41) is 3.28. The first-order valence-corrected chi connectivity index (χ1v) is 8.45. The first-order chi connectivity index (χ1) is 11.9. The molecule has 0 aliphatic carbocycles. The van der Waals surface area contributed by atoms with Crippen molar-refractivity contribution < 1.29 is 14.0 Å². The van der Waals surface area contributed by atoms with Gasteiger partial charge in [-0.3, -0.25) is 14.5 Å². The Morgan fingerprint density at radius 2 is 2.04 bits per heavy atom. The van der Waals surface area contributed by atoms with E-state index in [4.69, 9.17) is 0 Å². The molecule has 1 aliphatic heterocycles. The van der Waals surface area contributed by atoms with Gasteiger partial charge in [-0.25, -0.2) is 4.39 Å². The Hall–Kier alpha value is -2.41. The van der Waals surface area contributed by atoms with Gasteiger partial charge >= 0.3 is 0 Å². The van der Waals surface area contributed by atoms with E-state index in [0.717, 1.165) is 0 Å². The first kappa shape index (κ1) is 17.4. The number of halogens is 1. The molecule has 1 aliphatic rings. The number of rotatable bonds is 3. The van der Waals surface area contributed by atoms with E-state index in [0.29, 0.717) is 42.3 Å². The third-order valence-electron chi connectivity index (χ3n) is 4.77. The summed E-state index contributed by atoms with van der Waals surface area (Å²) in [4.78, 5) is 32.1. The number of aromatic nitrogens is 1. The van der Waals surface area contributed by atoms with Gasteiger partial charge in [0.05, 0.1) is 0 Å². The fraction of sp³-hybridized carbons (Fsp3) is 0.444. The summed E-state index contributed by atoms with van der Waals surface area (Å²) in [6, 6.07) is 5.74. The van der Waals surface area contributed by atoms with Crippen molar-refractivity contribution in [2.24, 2.45) is 0 Å². The van der Waals surface area contributed by atoms with E-state index in [1.807, 2.05) is 0 Å². The molecular weight excluding hydrogens is 323 g/mol. The molecular formula is C18H23FN4O2. The standard InChI is InChI=1S/C18H23FN4O2/c1-11(2)22-6-7-23(16(10-22)17(24)20-3)18(25)15-9-12-8-13(19)4-5-14(12)21-15/h4-5,8-9,11,16,21H,6-7,10H2,1-3H3,(H,20,24). The quantitative estimate of drug-likeness (QED) is 0.887. The number of piperazine rings is 1. The molecule has 2 N–H and O–H groups in total. The zero-order valence-electron chi connectivity index (χ0n) is 14.7. The minimum absolute atomic E-state index is 0.180. The van der Waals surface area contributed by atoms with E-state index in [9.17, 15) is 14.0 Å². The highest BCUT2D eigenvalue weighted by Gasteiger charge is 2.36. The number of carbonyl (C=O) groups excluding carboxylic acids is 2. The van der Waals surface area contributed by atoms with Crippen LogP contribution >= 0.6 is 0 Å². The van der Waals surface area contributed by atoms with Crippen LogP contribution in [-0.4, -0.2) is 65.4 Å². The molecule has 3 rings (SSSR count). The van der Waals surface area contributed by atoms with Gasteiger partial charge in [-0.15, -0.1) is 0 Å². The Balaban J connectivity index is 1.88. The molecule has 1 aromatic carbocycles. The third kappa shape index (κ3) is 3.37. The fourth-order valence-electron chi connectivity index (χ4n) is 3.28. The number of fused-ring (bicyclic) bond motifs is 1. The number of hydrogen-bond acceptors (Lipinski definition) is 3. The number of nitrogens with zero attached hydrogens (tertiary/aromatic N) is 2. The van der Waals surface area contributed by atoms with Gasteiger partial charge in [-0.2, -0.15) is 0 Å². The molecule has 1 atom stereocenters. The number of aromatic amines is 1. The van der Waals surface area contributed by atoms with Crippen molar-refractivity contribution in [1.29, 1.82) is 0 Å². The summed E-state index contributed by atoms with van der Waals surface area (Å²) in [6.45, 7) is 5.83. The SMILES string of the molecule is CNC(=O)C1CN(C(C)C)CCN1C(=O)c1cc2cc(F)ccc2[nH]1. The largest absolute Gasteiger partial charge is 0.357 e. The lowest BCUT2D eigenvalue weighted by Gasteiger charge is -2.41. The lowest BCUT2D eigenvalue weighted by atomic mass is 10.1. The Morgan fingerprint density at radius 3 is 2.72 bits per heavy atom. The lowest BCUT2D eigenvalue weighted by Crippen LogP contribution is -2.61. The normalized spacial score (nSPS) is 18.8. The van der Waals surface area contributed by atoms with Crippen LogP contribution < -0.4 is 5.32 Å². The number of hydrogen-bond donors (Lipinski definition) is 2. The molecule has 0 radical (unpaired) electrons. The molecule has 2 amide bonds. The molecule has 1 unspecified atom stereocenters. The summed E-state index contributed by atoms with van der Waals surface area (Å²) < 4.78 is 13.4. The van der Waals surface area contributed by atoms with E-state index >= 15 is 0 Å². The number of carbonyl (C=O) groups is 2. The minimum Gasteiger partial charge on any atom is -0.357 e. The van der Waals surface area contributed by atoms with Crippen LogP contribution in [0.25, 0.3) is 10.9 Å². The molecule has 1 aromatic heterocycles. The van der Waals surface area contributed by atoms with Crippen molar-refractivity contribution in [3.05, 3.63) is 35.8 Å². The average Bonchev–Trinajstić information content (AvgIpc) is 3.02. The van der Waals surface area contributed by atoms with E-state index < -0.39 is 6.04 Å². The molecule has 7 heteroatoms.